The lowest BCUT2D eigenvalue weighted by molar-refractivity contribution is 0.102. The first kappa shape index (κ1) is 12.4. The lowest BCUT2D eigenvalue weighted by Crippen LogP contribution is -2.12. The largest absolute Gasteiger partial charge is 0.372 e. The summed E-state index contributed by atoms with van der Waals surface area (Å²) in [5.41, 5.74) is 1.01. The van der Waals surface area contributed by atoms with Crippen LogP contribution in [0.4, 0.5) is 11.5 Å². The van der Waals surface area contributed by atoms with Crippen molar-refractivity contribution in [1.82, 2.24) is 14.8 Å². The van der Waals surface area contributed by atoms with Crippen molar-refractivity contribution in [3.63, 3.8) is 0 Å². The van der Waals surface area contributed by atoms with Crippen molar-refractivity contribution < 1.29 is 4.79 Å². The molecule has 0 aliphatic carbocycles. The Balaban J connectivity index is 2.16. The van der Waals surface area contributed by atoms with Gasteiger partial charge in [-0.25, -0.2) is 4.98 Å². The van der Waals surface area contributed by atoms with Gasteiger partial charge in [-0.3, -0.25) is 9.48 Å². The fourth-order valence-electron chi connectivity index (χ4n) is 1.44. The predicted molar refractivity (Wildman–Crippen MR) is 70.0 cm³/mol. The van der Waals surface area contributed by atoms with E-state index in [-0.39, 0.29) is 5.91 Å². The summed E-state index contributed by atoms with van der Waals surface area (Å²) in [5.74, 6) is 0.259. The van der Waals surface area contributed by atoms with E-state index in [9.17, 15) is 4.79 Å². The van der Waals surface area contributed by atoms with Crippen LogP contribution in [-0.4, -0.2) is 27.7 Å². The zero-order valence-corrected chi connectivity index (χ0v) is 10.7. The van der Waals surface area contributed by atoms with Gasteiger partial charge in [0.2, 0.25) is 0 Å². The van der Waals surface area contributed by atoms with E-state index < -0.39 is 0 Å². The van der Waals surface area contributed by atoms with Gasteiger partial charge in [0.1, 0.15) is 5.82 Å². The van der Waals surface area contributed by atoms with Gasteiger partial charge < -0.3 is 10.6 Å². The van der Waals surface area contributed by atoms with Crippen LogP contribution >= 0.6 is 11.6 Å². The Morgan fingerprint density at radius 2 is 2.22 bits per heavy atom. The number of aryl methyl sites for hydroxylation is 1. The van der Waals surface area contributed by atoms with Crippen molar-refractivity contribution in [3.05, 3.63) is 35.2 Å². The summed E-state index contributed by atoms with van der Waals surface area (Å²) in [6.45, 7) is 0. The molecule has 6 nitrogen and oxygen atoms in total. The Kier molecular flexibility index (Phi) is 3.47. The van der Waals surface area contributed by atoms with Gasteiger partial charge in [0, 0.05) is 26.5 Å². The highest BCUT2D eigenvalue weighted by molar-refractivity contribution is 6.33. The molecule has 1 amide bonds. The quantitative estimate of drug-likeness (QED) is 0.887. The molecule has 0 unspecified atom stereocenters. The summed E-state index contributed by atoms with van der Waals surface area (Å²) in [4.78, 5) is 15.9. The number of aromatic nitrogens is 3. The molecule has 2 rings (SSSR count). The molecular weight excluding hydrogens is 254 g/mol. The van der Waals surface area contributed by atoms with Crippen LogP contribution in [0.3, 0.4) is 0 Å². The summed E-state index contributed by atoms with van der Waals surface area (Å²) in [6.07, 6.45) is 4.73. The van der Waals surface area contributed by atoms with Crippen LogP contribution in [0.1, 0.15) is 10.4 Å². The minimum absolute atomic E-state index is 0.278. The number of pyridine rings is 1. The van der Waals surface area contributed by atoms with Gasteiger partial charge in [-0.1, -0.05) is 11.6 Å². The summed E-state index contributed by atoms with van der Waals surface area (Å²) >= 11 is 5.96. The molecule has 0 spiro atoms. The van der Waals surface area contributed by atoms with Gasteiger partial charge in [0.05, 0.1) is 22.5 Å². The van der Waals surface area contributed by atoms with E-state index >= 15 is 0 Å². The van der Waals surface area contributed by atoms with Crippen LogP contribution in [0.25, 0.3) is 0 Å². The number of rotatable bonds is 3. The van der Waals surface area contributed by atoms with Crippen LogP contribution in [-0.2, 0) is 7.05 Å². The normalized spacial score (nSPS) is 10.2. The van der Waals surface area contributed by atoms with E-state index in [1.165, 1.54) is 6.20 Å². The highest BCUT2D eigenvalue weighted by Gasteiger charge is 2.10. The van der Waals surface area contributed by atoms with E-state index in [0.717, 1.165) is 0 Å². The van der Waals surface area contributed by atoms with E-state index in [1.807, 2.05) is 0 Å². The van der Waals surface area contributed by atoms with Crippen molar-refractivity contribution in [2.24, 2.45) is 7.05 Å². The molecule has 0 aliphatic rings. The summed E-state index contributed by atoms with van der Waals surface area (Å²) in [6, 6.07) is 1.56. The molecule has 0 aliphatic heterocycles. The molecule has 94 valence electrons. The maximum atomic E-state index is 11.9. The minimum Gasteiger partial charge on any atom is -0.372 e. The molecule has 0 saturated heterocycles. The number of hydrogen-bond acceptors (Lipinski definition) is 4. The predicted octanol–water partition coefficient (Wildman–Crippen LogP) is 1.76. The lowest BCUT2D eigenvalue weighted by atomic mass is 10.2. The average Bonchev–Trinajstić information content (AvgIpc) is 2.74. The molecule has 2 aromatic rings. The molecule has 0 radical (unpaired) electrons. The third-order valence-corrected chi connectivity index (χ3v) is 2.59. The standard InChI is InChI=1S/C11H12ClN5O/c1-13-10-9(12)3-7(4-14-10)11(18)16-8-5-15-17(2)6-8/h3-6H,1-2H3,(H,13,14)(H,16,18). The van der Waals surface area contributed by atoms with E-state index in [4.69, 9.17) is 11.6 Å². The maximum absolute atomic E-state index is 11.9. The van der Waals surface area contributed by atoms with E-state index in [0.29, 0.717) is 22.1 Å². The van der Waals surface area contributed by atoms with E-state index in [1.54, 1.807) is 37.2 Å². The minimum atomic E-state index is -0.278. The van der Waals surface area contributed by atoms with E-state index in [2.05, 4.69) is 20.7 Å². The number of halogens is 1. The number of amides is 1. The van der Waals surface area contributed by atoms with Crippen LogP contribution < -0.4 is 10.6 Å². The fourth-order valence-corrected chi connectivity index (χ4v) is 1.70. The Morgan fingerprint density at radius 3 is 2.78 bits per heavy atom. The van der Waals surface area contributed by atoms with Crippen molar-refractivity contribution in [1.29, 1.82) is 0 Å². The summed E-state index contributed by atoms with van der Waals surface area (Å²) in [7, 11) is 3.49. The second-order valence-electron chi connectivity index (χ2n) is 3.66. The number of carbonyl (C=O) groups is 1. The zero-order chi connectivity index (χ0) is 13.1. The second kappa shape index (κ2) is 5.05. The highest BCUT2D eigenvalue weighted by Crippen LogP contribution is 2.20. The lowest BCUT2D eigenvalue weighted by Gasteiger charge is -2.05. The molecule has 7 heteroatoms. The molecular formula is C11H12ClN5O. The van der Waals surface area contributed by atoms with Gasteiger partial charge in [0.25, 0.3) is 5.91 Å². The van der Waals surface area contributed by atoms with Crippen LogP contribution in [0.2, 0.25) is 5.02 Å². The Morgan fingerprint density at radius 1 is 1.44 bits per heavy atom. The Bertz CT molecular complexity index is 581. The first-order valence-electron chi connectivity index (χ1n) is 5.23. The Labute approximate surface area is 109 Å². The topological polar surface area (TPSA) is 71.8 Å². The van der Waals surface area contributed by atoms with Gasteiger partial charge in [0.15, 0.2) is 0 Å². The highest BCUT2D eigenvalue weighted by atomic mass is 35.5. The molecule has 0 aromatic carbocycles. The Hall–Kier alpha value is -2.08. The van der Waals surface area contributed by atoms with Gasteiger partial charge in [-0.2, -0.15) is 5.10 Å². The van der Waals surface area contributed by atoms with Crippen molar-refractivity contribution >= 4 is 29.0 Å². The van der Waals surface area contributed by atoms with Crippen molar-refractivity contribution in [2.45, 2.75) is 0 Å². The van der Waals surface area contributed by atoms with Gasteiger partial charge >= 0.3 is 0 Å². The third-order valence-electron chi connectivity index (χ3n) is 2.30. The number of nitrogens with zero attached hydrogens (tertiary/aromatic N) is 3. The molecule has 0 fully saturated rings. The van der Waals surface area contributed by atoms with Crippen molar-refractivity contribution in [2.75, 3.05) is 17.7 Å². The number of carbonyl (C=O) groups excluding carboxylic acids is 1. The SMILES string of the molecule is CNc1ncc(C(=O)Nc2cnn(C)c2)cc1Cl. The first-order valence-corrected chi connectivity index (χ1v) is 5.61. The van der Waals surface area contributed by atoms with Gasteiger partial charge in [-0.15, -0.1) is 0 Å². The zero-order valence-electron chi connectivity index (χ0n) is 9.94. The molecule has 18 heavy (non-hydrogen) atoms. The maximum Gasteiger partial charge on any atom is 0.257 e. The molecule has 2 aromatic heterocycles. The van der Waals surface area contributed by atoms with Crippen molar-refractivity contribution in [3.8, 4) is 0 Å². The molecule has 0 atom stereocenters. The first-order chi connectivity index (χ1) is 8.60. The fraction of sp³-hybridized carbons (Fsp3) is 0.182. The van der Waals surface area contributed by atoms with Crippen LogP contribution in [0.5, 0.6) is 0 Å². The summed E-state index contributed by atoms with van der Waals surface area (Å²) < 4.78 is 1.60. The number of nitrogens with one attached hydrogen (secondary N) is 2. The molecule has 0 saturated carbocycles. The third kappa shape index (κ3) is 2.60. The van der Waals surface area contributed by atoms with Crippen LogP contribution in [0, 0.1) is 0 Å². The van der Waals surface area contributed by atoms with Crippen LogP contribution in [0.15, 0.2) is 24.7 Å². The monoisotopic (exact) mass is 265 g/mol. The molecule has 2 N–H and O–H groups in total. The smallest absolute Gasteiger partial charge is 0.257 e. The number of hydrogen-bond donors (Lipinski definition) is 2. The second-order valence-corrected chi connectivity index (χ2v) is 4.07. The molecule has 0 bridgehead atoms. The average molecular weight is 266 g/mol. The summed E-state index contributed by atoms with van der Waals surface area (Å²) in [5, 5.41) is 9.89. The number of anilines is 2. The molecule has 2 heterocycles. The van der Waals surface area contributed by atoms with Gasteiger partial charge in [-0.05, 0) is 6.07 Å².